The van der Waals surface area contributed by atoms with Crippen LogP contribution in [0.5, 0.6) is 0 Å². The summed E-state index contributed by atoms with van der Waals surface area (Å²) in [5.41, 5.74) is 2.29. The number of methoxy groups -OCH3 is 1. The molecule has 6 heteroatoms. The molecule has 1 aromatic heterocycles. The van der Waals surface area contributed by atoms with Crippen molar-refractivity contribution in [2.75, 3.05) is 30.9 Å². The van der Waals surface area contributed by atoms with Crippen molar-refractivity contribution in [1.29, 1.82) is 5.26 Å². The summed E-state index contributed by atoms with van der Waals surface area (Å²) in [7, 11) is 1.68. The summed E-state index contributed by atoms with van der Waals surface area (Å²) in [6, 6.07) is 11.2. The van der Waals surface area contributed by atoms with Gasteiger partial charge in [-0.15, -0.1) is 0 Å². The number of hydrogen-bond donors (Lipinski definition) is 2. The van der Waals surface area contributed by atoms with Gasteiger partial charge in [0.2, 0.25) is 5.95 Å². The number of anilines is 3. The maximum Gasteiger partial charge on any atom is 0.224 e. The highest BCUT2D eigenvalue weighted by Crippen LogP contribution is 2.17. The lowest BCUT2D eigenvalue weighted by atomic mass is 10.2. The minimum atomic E-state index is 0.579. The van der Waals surface area contributed by atoms with E-state index in [9.17, 15) is 0 Å². The molecule has 0 aliphatic carbocycles. The van der Waals surface area contributed by atoms with Crippen LogP contribution < -0.4 is 10.6 Å². The zero-order valence-electron chi connectivity index (χ0n) is 12.8. The second-order valence-corrected chi connectivity index (χ2v) is 4.81. The van der Waals surface area contributed by atoms with Gasteiger partial charge in [0.1, 0.15) is 5.82 Å². The normalized spacial score (nSPS) is 10.0. The molecule has 0 saturated carbocycles. The summed E-state index contributed by atoms with van der Waals surface area (Å²) in [5.74, 6) is 1.27. The Morgan fingerprint density at radius 1 is 1.27 bits per heavy atom. The van der Waals surface area contributed by atoms with Crippen LogP contribution in [0.3, 0.4) is 0 Å². The third-order valence-electron chi connectivity index (χ3n) is 2.93. The van der Waals surface area contributed by atoms with Crippen LogP contribution in [0, 0.1) is 18.3 Å². The molecule has 2 rings (SSSR count). The van der Waals surface area contributed by atoms with Crippen LogP contribution in [0.15, 0.2) is 30.3 Å². The quantitative estimate of drug-likeness (QED) is 0.765. The Labute approximate surface area is 130 Å². The first kappa shape index (κ1) is 15.7. The number of nitriles is 1. The van der Waals surface area contributed by atoms with Gasteiger partial charge >= 0.3 is 0 Å². The molecule has 0 atom stereocenters. The van der Waals surface area contributed by atoms with Crippen LogP contribution >= 0.6 is 0 Å². The fraction of sp³-hybridized carbons (Fsp3) is 0.312. The van der Waals surface area contributed by atoms with E-state index >= 15 is 0 Å². The standard InChI is InChI=1S/C16H19N5O/c1-12-9-15(20-14-6-3-5-13(10-14)11-17)21-16(19-12)18-7-4-8-22-2/h3,5-6,9-10H,4,7-8H2,1-2H3,(H2,18,19,20,21). The molecular formula is C16H19N5O. The van der Waals surface area contributed by atoms with Gasteiger partial charge in [-0.3, -0.25) is 0 Å². The summed E-state index contributed by atoms with van der Waals surface area (Å²) in [4.78, 5) is 8.78. The summed E-state index contributed by atoms with van der Waals surface area (Å²) >= 11 is 0. The zero-order chi connectivity index (χ0) is 15.8. The van der Waals surface area contributed by atoms with Crippen LogP contribution in [-0.4, -0.2) is 30.2 Å². The van der Waals surface area contributed by atoms with Gasteiger partial charge in [-0.25, -0.2) is 4.98 Å². The Hall–Kier alpha value is -2.65. The first-order valence-corrected chi connectivity index (χ1v) is 7.07. The van der Waals surface area contributed by atoms with Crippen LogP contribution in [0.25, 0.3) is 0 Å². The second-order valence-electron chi connectivity index (χ2n) is 4.81. The van der Waals surface area contributed by atoms with E-state index in [-0.39, 0.29) is 0 Å². The van der Waals surface area contributed by atoms with Gasteiger partial charge in [-0.05, 0) is 31.5 Å². The highest BCUT2D eigenvalue weighted by atomic mass is 16.5. The molecule has 114 valence electrons. The highest BCUT2D eigenvalue weighted by Gasteiger charge is 2.03. The third-order valence-corrected chi connectivity index (χ3v) is 2.93. The molecule has 2 N–H and O–H groups in total. The number of benzene rings is 1. The smallest absolute Gasteiger partial charge is 0.224 e. The maximum atomic E-state index is 8.93. The van der Waals surface area contributed by atoms with E-state index in [4.69, 9.17) is 10.00 Å². The van der Waals surface area contributed by atoms with Crippen molar-refractivity contribution in [1.82, 2.24) is 9.97 Å². The average Bonchev–Trinajstić information content (AvgIpc) is 2.51. The van der Waals surface area contributed by atoms with Crippen molar-refractivity contribution in [2.45, 2.75) is 13.3 Å². The lowest BCUT2D eigenvalue weighted by Crippen LogP contribution is -2.09. The van der Waals surface area contributed by atoms with Gasteiger partial charge in [-0.2, -0.15) is 10.2 Å². The average molecular weight is 297 g/mol. The van der Waals surface area contributed by atoms with Crippen molar-refractivity contribution < 1.29 is 4.74 Å². The number of nitrogens with zero attached hydrogens (tertiary/aromatic N) is 3. The summed E-state index contributed by atoms with van der Waals surface area (Å²) in [6.07, 6.45) is 0.890. The van der Waals surface area contributed by atoms with E-state index in [1.54, 1.807) is 19.2 Å². The van der Waals surface area contributed by atoms with E-state index < -0.39 is 0 Å². The molecule has 0 unspecified atom stereocenters. The van der Waals surface area contributed by atoms with Crippen LogP contribution in [0.4, 0.5) is 17.5 Å². The summed E-state index contributed by atoms with van der Waals surface area (Å²) in [6.45, 7) is 3.37. The zero-order valence-corrected chi connectivity index (χ0v) is 12.8. The van der Waals surface area contributed by atoms with Crippen LogP contribution in [0.2, 0.25) is 0 Å². The molecule has 0 fully saturated rings. The van der Waals surface area contributed by atoms with Crippen molar-refractivity contribution in [3.63, 3.8) is 0 Å². The Kier molecular flexibility index (Phi) is 5.69. The van der Waals surface area contributed by atoms with Crippen molar-refractivity contribution in [3.05, 3.63) is 41.6 Å². The SMILES string of the molecule is COCCCNc1nc(C)cc(Nc2cccc(C#N)c2)n1. The number of aryl methyl sites for hydroxylation is 1. The topological polar surface area (TPSA) is 82.9 Å². The van der Waals surface area contributed by atoms with Gasteiger partial charge < -0.3 is 15.4 Å². The van der Waals surface area contributed by atoms with Gasteiger partial charge in [0.15, 0.2) is 0 Å². The predicted octanol–water partition coefficient (Wildman–Crippen LogP) is 2.85. The highest BCUT2D eigenvalue weighted by molar-refractivity contribution is 5.59. The maximum absolute atomic E-state index is 8.93. The van der Waals surface area contributed by atoms with Crippen molar-refractivity contribution in [3.8, 4) is 6.07 Å². The van der Waals surface area contributed by atoms with Crippen molar-refractivity contribution in [2.24, 2.45) is 0 Å². The third kappa shape index (κ3) is 4.72. The lowest BCUT2D eigenvalue weighted by molar-refractivity contribution is 0.197. The molecule has 1 aromatic carbocycles. The molecule has 6 nitrogen and oxygen atoms in total. The minimum absolute atomic E-state index is 0.579. The molecule has 2 aromatic rings. The van der Waals surface area contributed by atoms with Gasteiger partial charge in [0, 0.05) is 37.7 Å². The van der Waals surface area contributed by atoms with Crippen LogP contribution in [0.1, 0.15) is 17.7 Å². The number of hydrogen-bond acceptors (Lipinski definition) is 6. The Balaban J connectivity index is 2.07. The summed E-state index contributed by atoms with van der Waals surface area (Å²) < 4.78 is 5.01. The molecular weight excluding hydrogens is 278 g/mol. The molecule has 0 aliphatic rings. The van der Waals surface area contributed by atoms with Crippen LogP contribution in [-0.2, 0) is 4.74 Å². The largest absolute Gasteiger partial charge is 0.385 e. The number of aromatic nitrogens is 2. The summed E-state index contributed by atoms with van der Waals surface area (Å²) in [5, 5.41) is 15.3. The van der Waals surface area contributed by atoms with Crippen molar-refractivity contribution >= 4 is 17.5 Å². The van der Waals surface area contributed by atoms with E-state index in [1.165, 1.54) is 0 Å². The number of nitrogens with one attached hydrogen (secondary N) is 2. The number of rotatable bonds is 7. The monoisotopic (exact) mass is 297 g/mol. The minimum Gasteiger partial charge on any atom is -0.385 e. The van der Waals surface area contributed by atoms with Gasteiger partial charge in [-0.1, -0.05) is 6.07 Å². The molecule has 0 amide bonds. The van der Waals surface area contributed by atoms with Gasteiger partial charge in [0.05, 0.1) is 11.6 Å². The molecule has 0 aliphatic heterocycles. The Bertz CT molecular complexity index is 666. The first-order chi connectivity index (χ1) is 10.7. The fourth-order valence-electron chi connectivity index (χ4n) is 1.94. The molecule has 0 spiro atoms. The van der Waals surface area contributed by atoms with E-state index in [0.29, 0.717) is 23.9 Å². The molecule has 0 bridgehead atoms. The molecule has 0 radical (unpaired) electrons. The molecule has 1 heterocycles. The van der Waals surface area contributed by atoms with E-state index in [2.05, 4.69) is 26.7 Å². The van der Waals surface area contributed by atoms with Gasteiger partial charge in [0.25, 0.3) is 0 Å². The Morgan fingerprint density at radius 3 is 2.91 bits per heavy atom. The first-order valence-electron chi connectivity index (χ1n) is 7.07. The Morgan fingerprint density at radius 2 is 2.14 bits per heavy atom. The number of ether oxygens (including phenoxy) is 1. The van der Waals surface area contributed by atoms with E-state index in [1.807, 2.05) is 25.1 Å². The second kappa shape index (κ2) is 7.96. The van der Waals surface area contributed by atoms with E-state index in [0.717, 1.165) is 24.3 Å². The predicted molar refractivity (Wildman–Crippen MR) is 86.2 cm³/mol. The molecule has 0 saturated heterocycles. The fourth-order valence-corrected chi connectivity index (χ4v) is 1.94. The molecule has 22 heavy (non-hydrogen) atoms. The lowest BCUT2D eigenvalue weighted by Gasteiger charge is -2.10.